The molecule has 0 aromatic carbocycles. The molecule has 1 rings (SSSR count). The summed E-state index contributed by atoms with van der Waals surface area (Å²) in [7, 11) is 3.97. The summed E-state index contributed by atoms with van der Waals surface area (Å²) < 4.78 is 0. The molecule has 2 N–H and O–H groups in total. The third kappa shape index (κ3) is 7.31. The van der Waals surface area contributed by atoms with Crippen LogP contribution in [-0.4, -0.2) is 75.6 Å². The van der Waals surface area contributed by atoms with E-state index in [9.17, 15) is 4.79 Å². The molecule has 0 aromatic heterocycles. The van der Waals surface area contributed by atoms with Gasteiger partial charge in [-0.15, -0.1) is 0 Å². The molecule has 0 bridgehead atoms. The van der Waals surface area contributed by atoms with Crippen LogP contribution in [0.4, 0.5) is 0 Å². The number of amides is 1. The Bertz CT molecular complexity index is 215. The van der Waals surface area contributed by atoms with E-state index in [1.807, 2.05) is 19.0 Å². The number of piperazine rings is 1. The molecule has 0 unspecified atom stereocenters. The second-order valence-electron chi connectivity index (χ2n) is 4.85. The van der Waals surface area contributed by atoms with Crippen molar-refractivity contribution in [1.29, 1.82) is 0 Å². The van der Waals surface area contributed by atoms with Crippen LogP contribution in [0.5, 0.6) is 0 Å². The Kier molecular flexibility index (Phi) is 7.16. The molecule has 0 radical (unpaired) electrons. The van der Waals surface area contributed by atoms with Gasteiger partial charge < -0.3 is 20.4 Å². The van der Waals surface area contributed by atoms with E-state index in [2.05, 4.69) is 15.5 Å². The van der Waals surface area contributed by atoms with Crippen LogP contribution in [0, 0.1) is 0 Å². The van der Waals surface area contributed by atoms with E-state index in [1.54, 1.807) is 0 Å². The quantitative estimate of drug-likeness (QED) is 0.583. The molecule has 0 aromatic rings. The van der Waals surface area contributed by atoms with Crippen molar-refractivity contribution in [3.63, 3.8) is 0 Å². The highest BCUT2D eigenvalue weighted by Crippen LogP contribution is 1.93. The molecule has 1 fully saturated rings. The molecule has 0 saturated carbocycles. The molecular weight excluding hydrogens is 216 g/mol. The fourth-order valence-corrected chi connectivity index (χ4v) is 1.88. The van der Waals surface area contributed by atoms with Gasteiger partial charge in [-0.25, -0.2) is 0 Å². The molecule has 1 aliphatic rings. The summed E-state index contributed by atoms with van der Waals surface area (Å²) in [5, 5.41) is 6.30. The number of carbonyl (C=O) groups excluding carboxylic acids is 1. The predicted molar refractivity (Wildman–Crippen MR) is 70.1 cm³/mol. The highest BCUT2D eigenvalue weighted by molar-refractivity contribution is 5.75. The smallest absolute Gasteiger partial charge is 0.221 e. The number of hydrogen-bond donors (Lipinski definition) is 2. The zero-order chi connectivity index (χ0) is 12.5. The molecule has 100 valence electrons. The van der Waals surface area contributed by atoms with Gasteiger partial charge in [-0.05, 0) is 27.1 Å². The van der Waals surface area contributed by atoms with Gasteiger partial charge in [0.05, 0.1) is 0 Å². The molecule has 0 atom stereocenters. The second kappa shape index (κ2) is 8.44. The number of carbonyl (C=O) groups is 1. The van der Waals surface area contributed by atoms with Gasteiger partial charge in [0.2, 0.25) is 5.91 Å². The first-order chi connectivity index (χ1) is 8.18. The van der Waals surface area contributed by atoms with Crippen molar-refractivity contribution in [2.45, 2.75) is 12.8 Å². The van der Waals surface area contributed by atoms with Crippen LogP contribution in [0.2, 0.25) is 0 Å². The van der Waals surface area contributed by atoms with Crippen LogP contribution >= 0.6 is 0 Å². The van der Waals surface area contributed by atoms with E-state index in [1.165, 1.54) is 0 Å². The van der Waals surface area contributed by atoms with Crippen LogP contribution in [0.1, 0.15) is 12.8 Å². The van der Waals surface area contributed by atoms with Gasteiger partial charge in [0, 0.05) is 45.7 Å². The van der Waals surface area contributed by atoms with Crippen molar-refractivity contribution in [3.05, 3.63) is 0 Å². The van der Waals surface area contributed by atoms with Crippen molar-refractivity contribution in [2.75, 3.05) is 59.9 Å². The molecule has 1 amide bonds. The van der Waals surface area contributed by atoms with Crippen LogP contribution in [-0.2, 0) is 4.79 Å². The van der Waals surface area contributed by atoms with Crippen molar-refractivity contribution >= 4 is 5.91 Å². The van der Waals surface area contributed by atoms with Gasteiger partial charge in [0.25, 0.3) is 0 Å². The molecule has 0 spiro atoms. The Morgan fingerprint density at radius 1 is 1.35 bits per heavy atom. The lowest BCUT2D eigenvalue weighted by atomic mass is 10.3. The Balaban J connectivity index is 1.94. The minimum atomic E-state index is 0.166. The maximum absolute atomic E-state index is 11.4. The lowest BCUT2D eigenvalue weighted by Gasteiger charge is -2.27. The molecule has 5 heteroatoms. The van der Waals surface area contributed by atoms with Gasteiger partial charge in [-0.2, -0.15) is 0 Å². The normalized spacial score (nSPS) is 17.4. The minimum absolute atomic E-state index is 0.166. The molecular formula is C12H26N4O. The van der Waals surface area contributed by atoms with E-state index in [-0.39, 0.29) is 5.91 Å². The molecule has 1 saturated heterocycles. The van der Waals surface area contributed by atoms with Crippen LogP contribution in [0.25, 0.3) is 0 Å². The highest BCUT2D eigenvalue weighted by atomic mass is 16.1. The van der Waals surface area contributed by atoms with Crippen molar-refractivity contribution < 1.29 is 4.79 Å². The standard InChI is InChI=1S/C12H26N4O/c1-15(2)9-4-12(17)14-5-3-8-16-10-6-13-7-11-16/h13H,3-11H2,1-2H3,(H,14,17). The first kappa shape index (κ1) is 14.4. The van der Waals surface area contributed by atoms with Gasteiger partial charge >= 0.3 is 0 Å². The number of nitrogens with zero attached hydrogens (tertiary/aromatic N) is 2. The summed E-state index contributed by atoms with van der Waals surface area (Å²) in [6.45, 7) is 7.17. The Hall–Kier alpha value is -0.650. The van der Waals surface area contributed by atoms with Gasteiger partial charge in [-0.1, -0.05) is 0 Å². The van der Waals surface area contributed by atoms with Crippen LogP contribution in [0.15, 0.2) is 0 Å². The highest BCUT2D eigenvalue weighted by Gasteiger charge is 2.08. The van der Waals surface area contributed by atoms with Crippen molar-refractivity contribution in [1.82, 2.24) is 20.4 Å². The zero-order valence-electron chi connectivity index (χ0n) is 11.2. The van der Waals surface area contributed by atoms with Gasteiger partial charge in [0.15, 0.2) is 0 Å². The number of nitrogens with one attached hydrogen (secondary N) is 2. The van der Waals surface area contributed by atoms with E-state index >= 15 is 0 Å². The lowest BCUT2D eigenvalue weighted by molar-refractivity contribution is -0.121. The second-order valence-corrected chi connectivity index (χ2v) is 4.85. The Labute approximate surface area is 105 Å². The Morgan fingerprint density at radius 2 is 2.06 bits per heavy atom. The SMILES string of the molecule is CN(C)CCC(=O)NCCCN1CCNCC1. The summed E-state index contributed by atoms with van der Waals surface area (Å²) in [5.41, 5.74) is 0. The van der Waals surface area contributed by atoms with Crippen LogP contribution < -0.4 is 10.6 Å². The summed E-state index contributed by atoms with van der Waals surface area (Å²) >= 11 is 0. The van der Waals surface area contributed by atoms with Gasteiger partial charge in [0.1, 0.15) is 0 Å². The molecule has 17 heavy (non-hydrogen) atoms. The third-order valence-corrected chi connectivity index (χ3v) is 2.97. The number of hydrogen-bond acceptors (Lipinski definition) is 4. The van der Waals surface area contributed by atoms with Crippen molar-refractivity contribution in [2.24, 2.45) is 0 Å². The van der Waals surface area contributed by atoms with Crippen LogP contribution in [0.3, 0.4) is 0 Å². The largest absolute Gasteiger partial charge is 0.356 e. The summed E-state index contributed by atoms with van der Waals surface area (Å²) in [6.07, 6.45) is 1.65. The molecule has 1 aliphatic heterocycles. The molecule has 1 heterocycles. The summed E-state index contributed by atoms with van der Waals surface area (Å²) in [4.78, 5) is 15.9. The maximum atomic E-state index is 11.4. The lowest BCUT2D eigenvalue weighted by Crippen LogP contribution is -2.44. The summed E-state index contributed by atoms with van der Waals surface area (Å²) in [6, 6.07) is 0. The van der Waals surface area contributed by atoms with E-state index in [0.717, 1.165) is 52.2 Å². The number of rotatable bonds is 7. The van der Waals surface area contributed by atoms with E-state index in [4.69, 9.17) is 0 Å². The average Bonchev–Trinajstić information content (AvgIpc) is 2.33. The van der Waals surface area contributed by atoms with E-state index in [0.29, 0.717) is 6.42 Å². The fourth-order valence-electron chi connectivity index (χ4n) is 1.88. The third-order valence-electron chi connectivity index (χ3n) is 2.97. The molecule has 5 nitrogen and oxygen atoms in total. The first-order valence-electron chi connectivity index (χ1n) is 6.53. The van der Waals surface area contributed by atoms with Crippen molar-refractivity contribution in [3.8, 4) is 0 Å². The average molecular weight is 242 g/mol. The molecule has 0 aliphatic carbocycles. The minimum Gasteiger partial charge on any atom is -0.356 e. The topological polar surface area (TPSA) is 47.6 Å². The summed E-state index contributed by atoms with van der Waals surface area (Å²) in [5.74, 6) is 0.166. The first-order valence-corrected chi connectivity index (χ1v) is 6.53. The monoisotopic (exact) mass is 242 g/mol. The van der Waals surface area contributed by atoms with Gasteiger partial charge in [-0.3, -0.25) is 4.79 Å². The fraction of sp³-hybridized carbons (Fsp3) is 0.917. The predicted octanol–water partition coefficient (Wildman–Crippen LogP) is -0.650. The maximum Gasteiger partial charge on any atom is 0.221 e. The van der Waals surface area contributed by atoms with E-state index < -0.39 is 0 Å². The zero-order valence-corrected chi connectivity index (χ0v) is 11.2. The Morgan fingerprint density at radius 3 is 2.71 bits per heavy atom.